The zero-order valence-corrected chi connectivity index (χ0v) is 16.8. The molecule has 0 aliphatic rings. The molecule has 2 N–H and O–H groups in total. The minimum absolute atomic E-state index is 0.141. The summed E-state index contributed by atoms with van der Waals surface area (Å²) in [5, 5.41) is 11.8. The highest BCUT2D eigenvalue weighted by Gasteiger charge is 2.16. The molecule has 1 amide bonds. The first-order valence-electron chi connectivity index (χ1n) is 7.49. The fourth-order valence-corrected chi connectivity index (χ4v) is 2.99. The second-order valence-electron chi connectivity index (χ2n) is 6.12. The van der Waals surface area contributed by atoms with Crippen molar-refractivity contribution in [2.24, 2.45) is 0 Å². The van der Waals surface area contributed by atoms with Crippen molar-refractivity contribution in [1.82, 2.24) is 5.32 Å². The molecule has 0 saturated carbocycles. The van der Waals surface area contributed by atoms with Crippen molar-refractivity contribution >= 4 is 58.9 Å². The molecule has 0 heterocycles. The Labute approximate surface area is 165 Å². The van der Waals surface area contributed by atoms with Gasteiger partial charge in [-0.3, -0.25) is 14.4 Å². The molecule has 0 unspecified atom stereocenters. The first-order valence-corrected chi connectivity index (χ1v) is 9.23. The number of amides is 1. The third kappa shape index (κ3) is 8.60. The zero-order valence-electron chi connectivity index (χ0n) is 14.5. The molecule has 0 aromatic heterocycles. The van der Waals surface area contributed by atoms with E-state index in [4.69, 9.17) is 33.0 Å². The number of rotatable bonds is 7. The third-order valence-corrected chi connectivity index (χ3v) is 4.44. The van der Waals surface area contributed by atoms with E-state index in [1.165, 1.54) is 24.3 Å². The van der Waals surface area contributed by atoms with Crippen LogP contribution < -0.4 is 5.32 Å². The zero-order chi connectivity index (χ0) is 19.9. The van der Waals surface area contributed by atoms with E-state index < -0.39 is 23.4 Å². The number of halogens is 2. The second kappa shape index (κ2) is 9.85. The molecule has 142 valence electrons. The van der Waals surface area contributed by atoms with Gasteiger partial charge in [-0.25, -0.2) is 0 Å². The molecule has 0 bridgehead atoms. The Bertz CT molecular complexity index is 729. The molecule has 26 heavy (non-hydrogen) atoms. The van der Waals surface area contributed by atoms with Crippen molar-refractivity contribution in [3.05, 3.63) is 33.8 Å². The summed E-state index contributed by atoms with van der Waals surface area (Å²) >= 11 is 13.3. The van der Waals surface area contributed by atoms with E-state index in [-0.39, 0.29) is 12.3 Å². The van der Waals surface area contributed by atoms with E-state index in [1.54, 1.807) is 20.8 Å². The van der Waals surface area contributed by atoms with Crippen molar-refractivity contribution in [2.45, 2.75) is 31.3 Å². The maximum absolute atomic E-state index is 11.8. The number of ether oxygens (including phenoxy) is 1. The number of hydrogen-bond acceptors (Lipinski definition) is 5. The van der Waals surface area contributed by atoms with Crippen molar-refractivity contribution in [3.63, 3.8) is 0 Å². The Morgan fingerprint density at radius 2 is 1.88 bits per heavy atom. The normalized spacial score (nSPS) is 11.4. The SMILES string of the molecule is CC(C)(C)OC(=O)CNC(=O)/C=C/c1cc(Cl)c(SCC(=O)O)cc1Cl. The summed E-state index contributed by atoms with van der Waals surface area (Å²) in [5.41, 5.74) is -0.133. The number of carbonyl (C=O) groups excluding carboxylic acids is 2. The molecule has 1 aromatic rings. The van der Waals surface area contributed by atoms with Crippen LogP contribution in [0.3, 0.4) is 0 Å². The molecular formula is C17H19Cl2NO5S. The standard InChI is InChI=1S/C17H19Cl2NO5S/c1-17(2,3)25-16(24)8-20-14(21)5-4-10-6-12(19)13(7-11(10)18)26-9-15(22)23/h4-7H,8-9H2,1-3H3,(H,20,21)(H,22,23)/b5-4+. The van der Waals surface area contributed by atoms with Crippen LogP contribution in [-0.4, -0.2) is 40.9 Å². The molecule has 1 rings (SSSR count). The van der Waals surface area contributed by atoms with Gasteiger partial charge in [-0.1, -0.05) is 23.2 Å². The molecular weight excluding hydrogens is 401 g/mol. The van der Waals surface area contributed by atoms with Crippen LogP contribution in [0.4, 0.5) is 0 Å². The maximum Gasteiger partial charge on any atom is 0.325 e. The first kappa shape index (κ1) is 22.3. The molecule has 9 heteroatoms. The van der Waals surface area contributed by atoms with Gasteiger partial charge in [0.15, 0.2) is 0 Å². The molecule has 0 spiro atoms. The largest absolute Gasteiger partial charge is 0.481 e. The van der Waals surface area contributed by atoms with Gasteiger partial charge in [-0.05, 0) is 44.5 Å². The van der Waals surface area contributed by atoms with E-state index in [9.17, 15) is 14.4 Å². The number of aliphatic carboxylic acids is 1. The Balaban J connectivity index is 2.67. The quantitative estimate of drug-likeness (QED) is 0.398. The van der Waals surface area contributed by atoms with Crippen LogP contribution in [0.15, 0.2) is 23.1 Å². The van der Waals surface area contributed by atoms with Crippen LogP contribution in [0.1, 0.15) is 26.3 Å². The number of nitrogens with one attached hydrogen (secondary N) is 1. The number of carboxylic acid groups (broad SMARTS) is 1. The van der Waals surface area contributed by atoms with Gasteiger partial charge in [0.2, 0.25) is 5.91 Å². The summed E-state index contributed by atoms with van der Waals surface area (Å²) in [6.45, 7) is 4.95. The number of carbonyl (C=O) groups is 3. The lowest BCUT2D eigenvalue weighted by atomic mass is 10.2. The lowest BCUT2D eigenvalue weighted by molar-refractivity contribution is -0.154. The monoisotopic (exact) mass is 419 g/mol. The van der Waals surface area contributed by atoms with Gasteiger partial charge < -0.3 is 15.2 Å². The number of thioether (sulfide) groups is 1. The Morgan fingerprint density at radius 1 is 1.23 bits per heavy atom. The summed E-state index contributed by atoms with van der Waals surface area (Å²) in [4.78, 5) is 34.5. The van der Waals surface area contributed by atoms with Gasteiger partial charge in [0, 0.05) is 16.0 Å². The Hall–Kier alpha value is -1.70. The highest BCUT2D eigenvalue weighted by Crippen LogP contribution is 2.33. The van der Waals surface area contributed by atoms with Gasteiger partial charge >= 0.3 is 11.9 Å². The molecule has 0 aliphatic heterocycles. The van der Waals surface area contributed by atoms with E-state index in [0.717, 1.165) is 11.8 Å². The summed E-state index contributed by atoms with van der Waals surface area (Å²) < 4.78 is 5.08. The van der Waals surface area contributed by atoms with Crippen LogP contribution in [0.5, 0.6) is 0 Å². The first-order chi connectivity index (χ1) is 12.0. The van der Waals surface area contributed by atoms with E-state index >= 15 is 0 Å². The van der Waals surface area contributed by atoms with Crippen LogP contribution in [0.2, 0.25) is 10.0 Å². The average Bonchev–Trinajstić information content (AvgIpc) is 2.50. The predicted molar refractivity (Wildman–Crippen MR) is 103 cm³/mol. The van der Waals surface area contributed by atoms with Crippen LogP contribution in [-0.2, 0) is 19.1 Å². The van der Waals surface area contributed by atoms with Crippen molar-refractivity contribution < 1.29 is 24.2 Å². The Morgan fingerprint density at radius 3 is 2.46 bits per heavy atom. The fourth-order valence-electron chi connectivity index (χ4n) is 1.68. The summed E-state index contributed by atoms with van der Waals surface area (Å²) in [6.07, 6.45) is 2.66. The smallest absolute Gasteiger partial charge is 0.325 e. The van der Waals surface area contributed by atoms with Crippen molar-refractivity contribution in [1.29, 1.82) is 0 Å². The second-order valence-corrected chi connectivity index (χ2v) is 7.96. The predicted octanol–water partition coefficient (Wildman–Crippen LogP) is 3.64. The van der Waals surface area contributed by atoms with Gasteiger partial charge in [-0.15, -0.1) is 11.8 Å². The highest BCUT2D eigenvalue weighted by atomic mass is 35.5. The van der Waals surface area contributed by atoms with E-state index in [1.807, 2.05) is 0 Å². The summed E-state index contributed by atoms with van der Waals surface area (Å²) in [6, 6.07) is 3.07. The molecule has 1 aromatic carbocycles. The fraction of sp³-hybridized carbons (Fsp3) is 0.353. The summed E-state index contributed by atoms with van der Waals surface area (Å²) in [5.74, 6) is -2.14. The van der Waals surface area contributed by atoms with Crippen LogP contribution >= 0.6 is 35.0 Å². The van der Waals surface area contributed by atoms with Crippen molar-refractivity contribution in [2.75, 3.05) is 12.3 Å². The molecule has 0 saturated heterocycles. The number of esters is 1. The van der Waals surface area contributed by atoms with Gasteiger partial charge in [0.05, 0.1) is 10.8 Å². The number of hydrogen-bond donors (Lipinski definition) is 2. The van der Waals surface area contributed by atoms with E-state index in [2.05, 4.69) is 5.32 Å². The van der Waals surface area contributed by atoms with E-state index in [0.29, 0.717) is 20.5 Å². The van der Waals surface area contributed by atoms with Gasteiger partial charge in [-0.2, -0.15) is 0 Å². The lowest BCUT2D eigenvalue weighted by Gasteiger charge is -2.19. The van der Waals surface area contributed by atoms with Gasteiger partial charge in [0.25, 0.3) is 0 Å². The minimum atomic E-state index is -0.965. The Kier molecular flexibility index (Phi) is 8.46. The number of carboxylic acids is 1. The van der Waals surface area contributed by atoms with Crippen LogP contribution in [0, 0.1) is 0 Å². The highest BCUT2D eigenvalue weighted by molar-refractivity contribution is 8.00. The minimum Gasteiger partial charge on any atom is -0.481 e. The van der Waals surface area contributed by atoms with Crippen LogP contribution in [0.25, 0.3) is 6.08 Å². The molecule has 0 radical (unpaired) electrons. The van der Waals surface area contributed by atoms with Gasteiger partial charge in [0.1, 0.15) is 12.1 Å². The molecule has 0 atom stereocenters. The molecule has 0 fully saturated rings. The average molecular weight is 420 g/mol. The number of benzene rings is 1. The maximum atomic E-state index is 11.8. The molecule has 6 nitrogen and oxygen atoms in total. The van der Waals surface area contributed by atoms with Crippen molar-refractivity contribution in [3.8, 4) is 0 Å². The lowest BCUT2D eigenvalue weighted by Crippen LogP contribution is -2.33. The topological polar surface area (TPSA) is 92.7 Å². The molecule has 0 aliphatic carbocycles. The summed E-state index contributed by atoms with van der Waals surface area (Å²) in [7, 11) is 0. The third-order valence-electron chi connectivity index (χ3n) is 2.64.